The van der Waals surface area contributed by atoms with E-state index in [2.05, 4.69) is 30.8 Å². The van der Waals surface area contributed by atoms with Gasteiger partial charge in [0, 0.05) is 12.5 Å². The molecule has 0 spiro atoms. The molecule has 0 aromatic heterocycles. The monoisotopic (exact) mass is 476 g/mol. The molecule has 184 valence electrons. The molecule has 7 heteroatoms. The highest BCUT2D eigenvalue weighted by molar-refractivity contribution is 5.79. The number of nitrogens with zero attached hydrogens (tertiary/aromatic N) is 2. The van der Waals surface area contributed by atoms with Gasteiger partial charge in [-0.3, -0.25) is 9.80 Å². The SMILES string of the molecule is C=C1C[C@@H](C2OCCN2C(=O)OCC2c3ccccc3-c3ccccc32)N(C(=O)OC(C)(C)C)C1. The fourth-order valence-corrected chi connectivity index (χ4v) is 5.28. The zero-order valence-electron chi connectivity index (χ0n) is 20.5. The lowest BCUT2D eigenvalue weighted by Crippen LogP contribution is -2.51. The van der Waals surface area contributed by atoms with Crippen LogP contribution in [-0.4, -0.2) is 66.2 Å². The maximum Gasteiger partial charge on any atom is 0.412 e. The van der Waals surface area contributed by atoms with E-state index in [0.717, 1.165) is 5.57 Å². The minimum atomic E-state index is -0.616. The van der Waals surface area contributed by atoms with E-state index in [1.807, 2.05) is 45.0 Å². The third-order valence-corrected chi connectivity index (χ3v) is 6.75. The number of amides is 2. The number of carbonyl (C=O) groups excluding carboxylic acids is 2. The summed E-state index contributed by atoms with van der Waals surface area (Å²) in [5, 5.41) is 0. The Bertz CT molecular complexity index is 1110. The summed E-state index contributed by atoms with van der Waals surface area (Å²) in [5.41, 5.74) is 4.99. The third-order valence-electron chi connectivity index (χ3n) is 6.75. The van der Waals surface area contributed by atoms with Gasteiger partial charge < -0.3 is 14.2 Å². The second-order valence-corrected chi connectivity index (χ2v) is 10.4. The summed E-state index contributed by atoms with van der Waals surface area (Å²) in [6.07, 6.45) is -0.908. The lowest BCUT2D eigenvalue weighted by molar-refractivity contribution is -0.0358. The molecule has 7 nitrogen and oxygen atoms in total. The molecule has 0 saturated carbocycles. The predicted octanol–water partition coefficient (Wildman–Crippen LogP) is 5.16. The molecule has 2 saturated heterocycles. The van der Waals surface area contributed by atoms with Crippen LogP contribution in [0.3, 0.4) is 0 Å². The van der Waals surface area contributed by atoms with Crippen LogP contribution < -0.4 is 0 Å². The van der Waals surface area contributed by atoms with E-state index in [0.29, 0.717) is 26.1 Å². The first-order valence-electron chi connectivity index (χ1n) is 12.1. The van der Waals surface area contributed by atoms with Crippen molar-refractivity contribution < 1.29 is 23.8 Å². The summed E-state index contributed by atoms with van der Waals surface area (Å²) in [5.74, 6) is -0.0159. The molecule has 2 fully saturated rings. The van der Waals surface area contributed by atoms with E-state index in [1.165, 1.54) is 22.3 Å². The van der Waals surface area contributed by atoms with Gasteiger partial charge in [-0.25, -0.2) is 9.59 Å². The van der Waals surface area contributed by atoms with Crippen molar-refractivity contribution in [2.24, 2.45) is 0 Å². The zero-order valence-corrected chi connectivity index (χ0v) is 20.5. The average molecular weight is 477 g/mol. The summed E-state index contributed by atoms with van der Waals surface area (Å²) < 4.78 is 17.4. The Hall–Kier alpha value is -3.32. The summed E-state index contributed by atoms with van der Waals surface area (Å²) >= 11 is 0. The van der Waals surface area contributed by atoms with Crippen molar-refractivity contribution in [3.63, 3.8) is 0 Å². The summed E-state index contributed by atoms with van der Waals surface area (Å²) in [6.45, 7) is 11.0. The number of rotatable bonds is 3. The number of fused-ring (bicyclic) bond motifs is 3. The molecule has 0 radical (unpaired) electrons. The standard InChI is InChI=1S/C28H32N2O5/c1-18-15-24(30(16-18)27(32)35-28(2,3)4)25-29(13-14-33-25)26(31)34-17-23-21-11-7-5-9-19(21)20-10-6-8-12-22(20)23/h5-12,23-25H,1,13-17H2,2-4H3/t24-,25?/m0/s1. The second kappa shape index (κ2) is 9.04. The molecule has 2 aromatic rings. The molecule has 0 N–H and O–H groups in total. The molecule has 1 aliphatic carbocycles. The molecule has 2 heterocycles. The topological polar surface area (TPSA) is 68.3 Å². The van der Waals surface area contributed by atoms with Crippen molar-refractivity contribution in [3.05, 3.63) is 71.8 Å². The van der Waals surface area contributed by atoms with Crippen molar-refractivity contribution in [2.75, 3.05) is 26.3 Å². The highest BCUT2D eigenvalue weighted by Gasteiger charge is 2.45. The van der Waals surface area contributed by atoms with Gasteiger partial charge in [0.05, 0.1) is 19.2 Å². The van der Waals surface area contributed by atoms with E-state index in [9.17, 15) is 9.59 Å². The van der Waals surface area contributed by atoms with Gasteiger partial charge in [-0.15, -0.1) is 0 Å². The van der Waals surface area contributed by atoms with Crippen LogP contribution >= 0.6 is 0 Å². The molecule has 2 atom stereocenters. The van der Waals surface area contributed by atoms with Gasteiger partial charge in [-0.2, -0.15) is 0 Å². The summed E-state index contributed by atoms with van der Waals surface area (Å²) in [4.78, 5) is 29.3. The minimum absolute atomic E-state index is 0.0159. The first-order chi connectivity index (χ1) is 16.7. The molecule has 2 aromatic carbocycles. The predicted molar refractivity (Wildman–Crippen MR) is 132 cm³/mol. The molecule has 1 unspecified atom stereocenters. The highest BCUT2D eigenvalue weighted by Crippen LogP contribution is 2.44. The normalized spacial score (nSPS) is 21.7. The number of carbonyl (C=O) groups is 2. The Labute approximate surface area is 206 Å². The Balaban J connectivity index is 1.30. The molecule has 5 rings (SSSR count). The van der Waals surface area contributed by atoms with Gasteiger partial charge in [0.15, 0.2) is 6.23 Å². The van der Waals surface area contributed by atoms with Crippen molar-refractivity contribution in [3.8, 4) is 11.1 Å². The third kappa shape index (κ3) is 4.52. The molecule has 0 bridgehead atoms. The maximum atomic E-state index is 13.2. The van der Waals surface area contributed by atoms with Gasteiger partial charge in [-0.05, 0) is 49.4 Å². The molecule has 2 amide bonds. The maximum absolute atomic E-state index is 13.2. The fourth-order valence-electron chi connectivity index (χ4n) is 5.28. The Kier molecular flexibility index (Phi) is 6.05. The smallest absolute Gasteiger partial charge is 0.412 e. The molecule has 2 aliphatic heterocycles. The number of hydrogen-bond acceptors (Lipinski definition) is 5. The Morgan fingerprint density at radius 3 is 2.26 bits per heavy atom. The van der Waals surface area contributed by atoms with Crippen molar-refractivity contribution in [1.29, 1.82) is 0 Å². The molecule has 3 aliphatic rings. The number of benzene rings is 2. The van der Waals surface area contributed by atoms with Crippen LogP contribution in [0.4, 0.5) is 9.59 Å². The van der Waals surface area contributed by atoms with E-state index in [1.54, 1.807) is 9.80 Å². The van der Waals surface area contributed by atoms with Crippen molar-refractivity contribution in [1.82, 2.24) is 9.80 Å². The minimum Gasteiger partial charge on any atom is -0.448 e. The molecular formula is C28H32N2O5. The Morgan fingerprint density at radius 2 is 1.63 bits per heavy atom. The molecular weight excluding hydrogens is 444 g/mol. The van der Waals surface area contributed by atoms with Gasteiger partial charge >= 0.3 is 12.2 Å². The first kappa shape index (κ1) is 23.4. The van der Waals surface area contributed by atoms with E-state index >= 15 is 0 Å². The van der Waals surface area contributed by atoms with E-state index in [-0.39, 0.29) is 18.6 Å². The second-order valence-electron chi connectivity index (χ2n) is 10.4. The van der Waals surface area contributed by atoms with Crippen LogP contribution in [0.1, 0.15) is 44.2 Å². The zero-order chi connectivity index (χ0) is 24.7. The van der Waals surface area contributed by atoms with Gasteiger partial charge in [0.1, 0.15) is 12.2 Å². The van der Waals surface area contributed by atoms with Crippen LogP contribution in [0, 0.1) is 0 Å². The highest BCUT2D eigenvalue weighted by atomic mass is 16.6. The van der Waals surface area contributed by atoms with Crippen LogP contribution in [0.5, 0.6) is 0 Å². The van der Waals surface area contributed by atoms with Crippen LogP contribution in [0.15, 0.2) is 60.7 Å². The lowest BCUT2D eigenvalue weighted by Gasteiger charge is -2.34. The van der Waals surface area contributed by atoms with Crippen LogP contribution in [0.25, 0.3) is 11.1 Å². The molecule has 35 heavy (non-hydrogen) atoms. The van der Waals surface area contributed by atoms with Gasteiger partial charge in [0.25, 0.3) is 0 Å². The number of ether oxygens (including phenoxy) is 3. The first-order valence-corrected chi connectivity index (χ1v) is 12.1. The van der Waals surface area contributed by atoms with Crippen molar-refractivity contribution >= 4 is 12.2 Å². The van der Waals surface area contributed by atoms with Crippen LogP contribution in [0.2, 0.25) is 0 Å². The largest absolute Gasteiger partial charge is 0.448 e. The van der Waals surface area contributed by atoms with Gasteiger partial charge in [-0.1, -0.05) is 60.7 Å². The summed E-state index contributed by atoms with van der Waals surface area (Å²) in [6, 6.07) is 16.1. The van der Waals surface area contributed by atoms with Gasteiger partial charge in [0.2, 0.25) is 0 Å². The number of likely N-dealkylation sites (tertiary alicyclic amines) is 1. The van der Waals surface area contributed by atoms with E-state index < -0.39 is 24.0 Å². The van der Waals surface area contributed by atoms with Crippen molar-refractivity contribution in [2.45, 2.75) is 51.0 Å². The average Bonchev–Trinajstić information content (AvgIpc) is 3.52. The van der Waals surface area contributed by atoms with E-state index in [4.69, 9.17) is 14.2 Å². The number of hydrogen-bond donors (Lipinski definition) is 0. The lowest BCUT2D eigenvalue weighted by atomic mass is 9.98. The summed E-state index contributed by atoms with van der Waals surface area (Å²) in [7, 11) is 0. The van der Waals surface area contributed by atoms with Crippen LogP contribution in [-0.2, 0) is 14.2 Å². The fraction of sp³-hybridized carbons (Fsp3) is 0.429. The quantitative estimate of drug-likeness (QED) is 0.573. The Morgan fingerprint density at radius 1 is 1.00 bits per heavy atom.